The Bertz CT molecular complexity index is 817. The Hall–Kier alpha value is -3.35. The average Bonchev–Trinajstić information content (AvgIpc) is 2.73. The molecule has 0 bridgehead atoms. The summed E-state index contributed by atoms with van der Waals surface area (Å²) in [4.78, 5) is 35.1. The molecule has 0 saturated carbocycles. The minimum atomic E-state index is -0.304. The van der Waals surface area contributed by atoms with E-state index in [2.05, 4.69) is 16.0 Å². The van der Waals surface area contributed by atoms with Gasteiger partial charge in [-0.25, -0.2) is 0 Å². The fourth-order valence-corrected chi connectivity index (χ4v) is 2.51. The number of aryl methyl sites for hydroxylation is 2. The molecular formula is C22H27N3O4. The summed E-state index contributed by atoms with van der Waals surface area (Å²) in [6, 6.07) is 14.8. The first-order valence-corrected chi connectivity index (χ1v) is 9.52. The number of amides is 3. The lowest BCUT2D eigenvalue weighted by Gasteiger charge is -2.09. The van der Waals surface area contributed by atoms with E-state index < -0.39 is 0 Å². The lowest BCUT2D eigenvalue weighted by Crippen LogP contribution is -2.32. The van der Waals surface area contributed by atoms with Crippen LogP contribution in [0.4, 0.5) is 5.69 Å². The number of anilines is 1. The van der Waals surface area contributed by atoms with Gasteiger partial charge in [0.25, 0.3) is 0 Å². The first kappa shape index (κ1) is 21.9. The zero-order chi connectivity index (χ0) is 21.1. The smallest absolute Gasteiger partial charge is 0.243 e. The van der Waals surface area contributed by atoms with E-state index in [4.69, 9.17) is 4.74 Å². The van der Waals surface area contributed by atoms with Crippen LogP contribution in [-0.2, 0) is 20.8 Å². The molecule has 2 aromatic carbocycles. The van der Waals surface area contributed by atoms with Gasteiger partial charge >= 0.3 is 0 Å². The normalized spacial score (nSPS) is 10.1. The van der Waals surface area contributed by atoms with Gasteiger partial charge in [0.2, 0.25) is 17.7 Å². The summed E-state index contributed by atoms with van der Waals surface area (Å²) in [5.74, 6) is 0.0497. The highest BCUT2D eigenvalue weighted by Gasteiger charge is 2.07. The average molecular weight is 397 g/mol. The highest BCUT2D eigenvalue weighted by molar-refractivity contribution is 5.94. The second kappa shape index (κ2) is 11.5. The van der Waals surface area contributed by atoms with E-state index in [-0.39, 0.29) is 37.3 Å². The van der Waals surface area contributed by atoms with Crippen LogP contribution in [0, 0.1) is 6.92 Å². The maximum atomic E-state index is 12.0. The van der Waals surface area contributed by atoms with Gasteiger partial charge in [-0.15, -0.1) is 0 Å². The van der Waals surface area contributed by atoms with Gasteiger partial charge in [-0.3, -0.25) is 14.4 Å². The molecule has 154 valence electrons. The van der Waals surface area contributed by atoms with Gasteiger partial charge in [0.1, 0.15) is 5.75 Å². The molecule has 3 N–H and O–H groups in total. The molecule has 7 nitrogen and oxygen atoms in total. The van der Waals surface area contributed by atoms with Gasteiger partial charge in [-0.1, -0.05) is 29.8 Å². The highest BCUT2D eigenvalue weighted by atomic mass is 16.5. The monoisotopic (exact) mass is 397 g/mol. The molecule has 7 heteroatoms. The lowest BCUT2D eigenvalue weighted by atomic mass is 10.1. The Morgan fingerprint density at radius 1 is 0.862 bits per heavy atom. The molecule has 0 radical (unpaired) electrons. The number of carbonyl (C=O) groups excluding carboxylic acids is 3. The van der Waals surface area contributed by atoms with Gasteiger partial charge in [0, 0.05) is 19.2 Å². The van der Waals surface area contributed by atoms with E-state index in [9.17, 15) is 14.4 Å². The van der Waals surface area contributed by atoms with E-state index in [1.807, 2.05) is 31.2 Å². The molecule has 0 unspecified atom stereocenters. The van der Waals surface area contributed by atoms with Crippen LogP contribution in [0.25, 0.3) is 0 Å². The van der Waals surface area contributed by atoms with Crippen molar-refractivity contribution in [1.82, 2.24) is 10.6 Å². The summed E-state index contributed by atoms with van der Waals surface area (Å²) in [5, 5.41) is 7.86. The minimum Gasteiger partial charge on any atom is -0.493 e. The number of ether oxygens (including phenoxy) is 1. The van der Waals surface area contributed by atoms with E-state index >= 15 is 0 Å². The summed E-state index contributed by atoms with van der Waals surface area (Å²) >= 11 is 0. The van der Waals surface area contributed by atoms with Crippen LogP contribution in [0.1, 0.15) is 24.0 Å². The summed E-state index contributed by atoms with van der Waals surface area (Å²) in [6.45, 7) is 2.21. The van der Waals surface area contributed by atoms with Crippen molar-refractivity contribution in [3.63, 3.8) is 0 Å². The maximum Gasteiger partial charge on any atom is 0.243 e. The molecule has 0 aliphatic carbocycles. The maximum absolute atomic E-state index is 12.0. The van der Waals surface area contributed by atoms with Crippen molar-refractivity contribution in [2.75, 3.05) is 25.5 Å². The Morgan fingerprint density at radius 2 is 1.55 bits per heavy atom. The zero-order valence-electron chi connectivity index (χ0n) is 16.8. The van der Waals surface area contributed by atoms with Crippen LogP contribution in [0.5, 0.6) is 5.75 Å². The van der Waals surface area contributed by atoms with Crippen LogP contribution in [0.15, 0.2) is 48.5 Å². The van der Waals surface area contributed by atoms with Crippen molar-refractivity contribution in [3.05, 3.63) is 59.7 Å². The summed E-state index contributed by atoms with van der Waals surface area (Å²) in [7, 11) is 1.58. The Morgan fingerprint density at radius 3 is 2.21 bits per heavy atom. The summed E-state index contributed by atoms with van der Waals surface area (Å²) in [5.41, 5.74) is 2.87. The first-order valence-electron chi connectivity index (χ1n) is 9.52. The molecule has 2 aromatic rings. The molecule has 0 aromatic heterocycles. The zero-order valence-corrected chi connectivity index (χ0v) is 16.8. The number of rotatable bonds is 10. The Labute approximate surface area is 170 Å². The van der Waals surface area contributed by atoms with Crippen molar-refractivity contribution in [2.45, 2.75) is 26.2 Å². The third kappa shape index (κ3) is 8.47. The van der Waals surface area contributed by atoms with Gasteiger partial charge in [-0.2, -0.15) is 0 Å². The van der Waals surface area contributed by atoms with Crippen molar-refractivity contribution in [2.24, 2.45) is 0 Å². The molecule has 0 atom stereocenters. The second-order valence-corrected chi connectivity index (χ2v) is 6.61. The molecule has 0 aliphatic rings. The Balaban J connectivity index is 1.67. The molecule has 29 heavy (non-hydrogen) atoms. The van der Waals surface area contributed by atoms with Crippen LogP contribution < -0.4 is 20.7 Å². The standard InChI is InChI=1S/C22H27N3O4/c1-16-3-5-17(6-4-16)7-12-21(27)24-15-22(28)25-18-8-10-19(11-9-18)29-14-13-20(26)23-2/h3-6,8-11H,7,12-15H2,1-2H3,(H,23,26)(H,24,27)(H,25,28). The number of hydrogen-bond acceptors (Lipinski definition) is 4. The number of carbonyl (C=O) groups is 3. The molecule has 2 rings (SSSR count). The van der Waals surface area contributed by atoms with Crippen molar-refractivity contribution < 1.29 is 19.1 Å². The van der Waals surface area contributed by atoms with E-state index in [1.54, 1.807) is 31.3 Å². The minimum absolute atomic E-state index is 0.0862. The molecule has 0 saturated heterocycles. The number of hydrogen-bond donors (Lipinski definition) is 3. The van der Waals surface area contributed by atoms with E-state index in [0.717, 1.165) is 5.56 Å². The predicted molar refractivity (Wildman–Crippen MR) is 112 cm³/mol. The molecule has 0 heterocycles. The van der Waals surface area contributed by atoms with Crippen LogP contribution in [-0.4, -0.2) is 37.9 Å². The first-order chi connectivity index (χ1) is 14.0. The molecule has 0 aliphatic heterocycles. The predicted octanol–water partition coefficient (Wildman–Crippen LogP) is 2.20. The molecule has 0 spiro atoms. The molecular weight excluding hydrogens is 370 g/mol. The SMILES string of the molecule is CNC(=O)CCOc1ccc(NC(=O)CNC(=O)CCc2ccc(C)cc2)cc1. The van der Waals surface area contributed by atoms with Gasteiger partial charge in [0.15, 0.2) is 0 Å². The number of nitrogens with one attached hydrogen (secondary N) is 3. The summed E-state index contributed by atoms with van der Waals surface area (Å²) < 4.78 is 5.46. The van der Waals surface area contributed by atoms with Crippen LogP contribution >= 0.6 is 0 Å². The summed E-state index contributed by atoms with van der Waals surface area (Å²) in [6.07, 6.45) is 1.24. The van der Waals surface area contributed by atoms with E-state index in [0.29, 0.717) is 24.3 Å². The largest absolute Gasteiger partial charge is 0.493 e. The van der Waals surface area contributed by atoms with Gasteiger partial charge < -0.3 is 20.7 Å². The van der Waals surface area contributed by atoms with Crippen molar-refractivity contribution in [3.8, 4) is 5.75 Å². The van der Waals surface area contributed by atoms with Crippen molar-refractivity contribution in [1.29, 1.82) is 0 Å². The van der Waals surface area contributed by atoms with Gasteiger partial charge in [-0.05, 0) is 43.2 Å². The number of benzene rings is 2. The third-order valence-corrected chi connectivity index (χ3v) is 4.22. The third-order valence-electron chi connectivity index (χ3n) is 4.22. The van der Waals surface area contributed by atoms with E-state index in [1.165, 1.54) is 5.56 Å². The fraction of sp³-hybridized carbons (Fsp3) is 0.318. The highest BCUT2D eigenvalue weighted by Crippen LogP contribution is 2.15. The van der Waals surface area contributed by atoms with Crippen molar-refractivity contribution >= 4 is 23.4 Å². The van der Waals surface area contributed by atoms with Gasteiger partial charge in [0.05, 0.1) is 19.6 Å². The van der Waals surface area contributed by atoms with Crippen LogP contribution in [0.2, 0.25) is 0 Å². The second-order valence-electron chi connectivity index (χ2n) is 6.61. The lowest BCUT2D eigenvalue weighted by molar-refractivity contribution is -0.124. The fourth-order valence-electron chi connectivity index (χ4n) is 2.51. The Kier molecular flexibility index (Phi) is 8.69. The van der Waals surface area contributed by atoms with Crippen LogP contribution in [0.3, 0.4) is 0 Å². The molecule has 0 fully saturated rings. The quantitative estimate of drug-likeness (QED) is 0.573. The molecule has 3 amide bonds. The topological polar surface area (TPSA) is 96.5 Å².